The monoisotopic (exact) mass is 187 g/mol. The van der Waals surface area contributed by atoms with Crippen molar-refractivity contribution in [3.05, 3.63) is 30.3 Å². The Hall–Kier alpha value is -1.42. The minimum Gasteiger partial charge on any atom is -0.371 e. The Kier molecular flexibility index (Phi) is 4.07. The summed E-state index contributed by atoms with van der Waals surface area (Å²) >= 11 is 0. The van der Waals surface area contributed by atoms with E-state index in [1.807, 2.05) is 6.07 Å². The predicted octanol–water partition coefficient (Wildman–Crippen LogP) is 2.92. The first-order valence-electron chi connectivity index (χ1n) is 5.01. The molecule has 0 spiro atoms. The van der Waals surface area contributed by atoms with Gasteiger partial charge in [-0.15, -0.1) is 12.3 Å². The van der Waals surface area contributed by atoms with Gasteiger partial charge in [0.2, 0.25) is 0 Å². The number of hydrogen-bond donors (Lipinski definition) is 0. The summed E-state index contributed by atoms with van der Waals surface area (Å²) in [6.45, 7) is 2.17. The third-order valence-corrected chi connectivity index (χ3v) is 2.54. The molecular weight excluding hydrogens is 170 g/mol. The third kappa shape index (κ3) is 2.53. The minimum atomic E-state index is 0.447. The topological polar surface area (TPSA) is 3.24 Å². The molecule has 14 heavy (non-hydrogen) atoms. The second-order valence-electron chi connectivity index (χ2n) is 3.42. The van der Waals surface area contributed by atoms with E-state index in [9.17, 15) is 0 Å². The van der Waals surface area contributed by atoms with Gasteiger partial charge in [-0.05, 0) is 18.6 Å². The van der Waals surface area contributed by atoms with Gasteiger partial charge in [0, 0.05) is 25.2 Å². The molecule has 1 aromatic carbocycles. The molecule has 0 radical (unpaired) electrons. The lowest BCUT2D eigenvalue weighted by Crippen LogP contribution is -2.30. The molecule has 1 atom stereocenters. The van der Waals surface area contributed by atoms with Crippen LogP contribution in [0.3, 0.4) is 0 Å². The minimum absolute atomic E-state index is 0.447. The van der Waals surface area contributed by atoms with Crippen molar-refractivity contribution in [2.24, 2.45) is 0 Å². The molecule has 1 nitrogen and oxygen atoms in total. The third-order valence-electron chi connectivity index (χ3n) is 2.54. The largest absolute Gasteiger partial charge is 0.371 e. The second kappa shape index (κ2) is 5.34. The molecule has 0 fully saturated rings. The van der Waals surface area contributed by atoms with Gasteiger partial charge in [0.25, 0.3) is 0 Å². The molecule has 0 aliphatic heterocycles. The van der Waals surface area contributed by atoms with Gasteiger partial charge < -0.3 is 4.90 Å². The summed E-state index contributed by atoms with van der Waals surface area (Å²) in [5.41, 5.74) is 1.23. The van der Waals surface area contributed by atoms with Crippen molar-refractivity contribution in [2.75, 3.05) is 11.9 Å². The van der Waals surface area contributed by atoms with Crippen molar-refractivity contribution >= 4 is 5.69 Å². The van der Waals surface area contributed by atoms with E-state index in [1.165, 1.54) is 5.69 Å². The molecule has 1 rings (SSSR count). The highest BCUT2D eigenvalue weighted by Gasteiger charge is 2.10. The van der Waals surface area contributed by atoms with Crippen LogP contribution < -0.4 is 4.90 Å². The van der Waals surface area contributed by atoms with Crippen LogP contribution in [0, 0.1) is 12.3 Å². The van der Waals surface area contributed by atoms with E-state index in [0.29, 0.717) is 6.04 Å². The number of para-hydroxylation sites is 1. The number of hydrogen-bond acceptors (Lipinski definition) is 1. The number of benzene rings is 1. The van der Waals surface area contributed by atoms with Gasteiger partial charge in [0.1, 0.15) is 0 Å². The van der Waals surface area contributed by atoms with E-state index in [1.54, 1.807) is 0 Å². The lowest BCUT2D eigenvalue weighted by atomic mass is 10.1. The average Bonchev–Trinajstić information content (AvgIpc) is 2.26. The summed E-state index contributed by atoms with van der Waals surface area (Å²) in [6.07, 6.45) is 7.23. The first-order chi connectivity index (χ1) is 6.79. The molecule has 0 aliphatic carbocycles. The molecule has 0 bridgehead atoms. The summed E-state index contributed by atoms with van der Waals surface area (Å²) in [6, 6.07) is 10.8. The fourth-order valence-corrected chi connectivity index (χ4v) is 1.57. The van der Waals surface area contributed by atoms with E-state index >= 15 is 0 Å². The van der Waals surface area contributed by atoms with E-state index in [4.69, 9.17) is 6.42 Å². The fraction of sp³-hybridized carbons (Fsp3) is 0.385. The Morgan fingerprint density at radius 2 is 2.00 bits per heavy atom. The van der Waals surface area contributed by atoms with Crippen LogP contribution in [-0.4, -0.2) is 13.1 Å². The summed E-state index contributed by atoms with van der Waals surface area (Å²) < 4.78 is 0. The maximum atomic E-state index is 5.34. The van der Waals surface area contributed by atoms with Crippen LogP contribution in [0.2, 0.25) is 0 Å². The van der Waals surface area contributed by atoms with Crippen molar-refractivity contribution in [3.63, 3.8) is 0 Å². The van der Waals surface area contributed by atoms with Crippen LogP contribution in [0.1, 0.15) is 19.8 Å². The molecule has 0 amide bonds. The average molecular weight is 187 g/mol. The molecule has 0 aromatic heterocycles. The molecule has 1 unspecified atom stereocenters. The van der Waals surface area contributed by atoms with Gasteiger partial charge in [-0.25, -0.2) is 0 Å². The number of nitrogens with zero attached hydrogens (tertiary/aromatic N) is 1. The van der Waals surface area contributed by atoms with E-state index in [0.717, 1.165) is 12.8 Å². The zero-order valence-corrected chi connectivity index (χ0v) is 8.90. The van der Waals surface area contributed by atoms with Crippen molar-refractivity contribution in [1.82, 2.24) is 0 Å². The zero-order valence-electron chi connectivity index (χ0n) is 8.90. The Balaban J connectivity index is 2.73. The van der Waals surface area contributed by atoms with Gasteiger partial charge in [-0.3, -0.25) is 0 Å². The number of terminal acetylenes is 1. The van der Waals surface area contributed by atoms with Gasteiger partial charge in [0.05, 0.1) is 0 Å². The molecule has 0 saturated heterocycles. The van der Waals surface area contributed by atoms with Crippen molar-refractivity contribution in [1.29, 1.82) is 0 Å². The Labute approximate surface area is 86.7 Å². The van der Waals surface area contributed by atoms with Crippen molar-refractivity contribution in [2.45, 2.75) is 25.8 Å². The maximum absolute atomic E-state index is 5.34. The summed E-state index contributed by atoms with van der Waals surface area (Å²) in [4.78, 5) is 2.25. The highest BCUT2D eigenvalue weighted by molar-refractivity contribution is 5.46. The fourth-order valence-electron chi connectivity index (χ4n) is 1.57. The molecule has 0 saturated carbocycles. The van der Waals surface area contributed by atoms with Gasteiger partial charge >= 0.3 is 0 Å². The van der Waals surface area contributed by atoms with Crippen LogP contribution in [0.15, 0.2) is 30.3 Å². The van der Waals surface area contributed by atoms with E-state index in [-0.39, 0.29) is 0 Å². The number of anilines is 1. The normalized spacial score (nSPS) is 11.8. The van der Waals surface area contributed by atoms with Crippen molar-refractivity contribution < 1.29 is 0 Å². The molecule has 1 aromatic rings. The summed E-state index contributed by atoms with van der Waals surface area (Å²) in [5, 5.41) is 0. The Morgan fingerprint density at radius 3 is 2.50 bits per heavy atom. The standard InChI is InChI=1S/C13H17N/c1-4-9-12(5-2)14(3)13-10-7-6-8-11-13/h1,6-8,10-12H,5,9H2,2-3H3. The maximum Gasteiger partial charge on any atom is 0.0393 e. The van der Waals surface area contributed by atoms with Crippen LogP contribution in [0.25, 0.3) is 0 Å². The molecule has 0 aliphatic rings. The smallest absolute Gasteiger partial charge is 0.0393 e. The second-order valence-corrected chi connectivity index (χ2v) is 3.42. The molecule has 74 valence electrons. The molecule has 0 N–H and O–H groups in total. The van der Waals surface area contributed by atoms with E-state index < -0.39 is 0 Å². The Morgan fingerprint density at radius 1 is 1.36 bits per heavy atom. The highest BCUT2D eigenvalue weighted by Crippen LogP contribution is 2.17. The number of rotatable bonds is 4. The Bertz CT molecular complexity index is 297. The quantitative estimate of drug-likeness (QED) is 0.655. The van der Waals surface area contributed by atoms with Gasteiger partial charge in [-0.1, -0.05) is 25.1 Å². The molecule has 1 heteroatoms. The van der Waals surface area contributed by atoms with Crippen LogP contribution in [0.5, 0.6) is 0 Å². The summed E-state index contributed by atoms with van der Waals surface area (Å²) in [5.74, 6) is 2.73. The zero-order chi connectivity index (χ0) is 10.4. The first-order valence-corrected chi connectivity index (χ1v) is 5.01. The summed E-state index contributed by atoms with van der Waals surface area (Å²) in [7, 11) is 2.10. The van der Waals surface area contributed by atoms with Gasteiger partial charge in [-0.2, -0.15) is 0 Å². The van der Waals surface area contributed by atoms with Gasteiger partial charge in [0.15, 0.2) is 0 Å². The van der Waals surface area contributed by atoms with Crippen LogP contribution >= 0.6 is 0 Å². The van der Waals surface area contributed by atoms with Crippen LogP contribution in [0.4, 0.5) is 5.69 Å². The molecule has 0 heterocycles. The lowest BCUT2D eigenvalue weighted by molar-refractivity contribution is 0.625. The lowest BCUT2D eigenvalue weighted by Gasteiger charge is -2.27. The van der Waals surface area contributed by atoms with E-state index in [2.05, 4.69) is 49.1 Å². The molecular formula is C13H17N. The van der Waals surface area contributed by atoms with Crippen molar-refractivity contribution in [3.8, 4) is 12.3 Å². The highest BCUT2D eigenvalue weighted by atomic mass is 15.1. The SMILES string of the molecule is C#CCC(CC)N(C)c1ccccc1. The van der Waals surface area contributed by atoms with Crippen LogP contribution in [-0.2, 0) is 0 Å². The first kappa shape index (κ1) is 10.7. The predicted molar refractivity (Wildman–Crippen MR) is 62.4 cm³/mol.